The van der Waals surface area contributed by atoms with Gasteiger partial charge in [-0.05, 0) is 41.8 Å². The van der Waals surface area contributed by atoms with Crippen molar-refractivity contribution in [2.24, 2.45) is 0 Å². The lowest BCUT2D eigenvalue weighted by Gasteiger charge is -2.26. The van der Waals surface area contributed by atoms with Crippen molar-refractivity contribution in [2.45, 2.75) is 19.2 Å². The predicted molar refractivity (Wildman–Crippen MR) is 120 cm³/mol. The second-order valence-corrected chi connectivity index (χ2v) is 9.10. The number of amides is 1. The minimum Gasteiger partial charge on any atom is -0.325 e. The minimum atomic E-state index is 0.0163. The molecule has 1 heterocycles. The van der Waals surface area contributed by atoms with Crippen LogP contribution in [0.1, 0.15) is 22.3 Å². The fourth-order valence-corrected chi connectivity index (χ4v) is 4.87. The van der Waals surface area contributed by atoms with Crippen molar-refractivity contribution in [3.63, 3.8) is 0 Å². The highest BCUT2D eigenvalue weighted by Crippen LogP contribution is 2.20. The van der Waals surface area contributed by atoms with Gasteiger partial charge in [-0.3, -0.25) is 9.69 Å². The summed E-state index contributed by atoms with van der Waals surface area (Å²) in [4.78, 5) is 14.8. The fourth-order valence-electron chi connectivity index (χ4n) is 3.11. The minimum absolute atomic E-state index is 0.0163. The maximum absolute atomic E-state index is 12.3. The van der Waals surface area contributed by atoms with E-state index in [1.165, 1.54) is 17.1 Å². The Kier molecular flexibility index (Phi) is 7.84. The van der Waals surface area contributed by atoms with Gasteiger partial charge < -0.3 is 5.32 Å². The van der Waals surface area contributed by atoms with Crippen molar-refractivity contribution in [1.29, 1.82) is 5.26 Å². The Morgan fingerprint density at radius 1 is 1.18 bits per heavy atom. The molecule has 0 radical (unpaired) electrons. The van der Waals surface area contributed by atoms with Gasteiger partial charge >= 0.3 is 0 Å². The second kappa shape index (κ2) is 10.6. The smallest absolute Gasteiger partial charge is 0.234 e. The molecule has 2 aromatic carbocycles. The van der Waals surface area contributed by atoms with E-state index in [0.29, 0.717) is 11.3 Å². The van der Waals surface area contributed by atoms with Gasteiger partial charge in [0.1, 0.15) is 0 Å². The van der Waals surface area contributed by atoms with Crippen LogP contribution in [0.5, 0.6) is 0 Å². The Morgan fingerprint density at radius 3 is 2.57 bits per heavy atom. The maximum Gasteiger partial charge on any atom is 0.234 e. The lowest BCUT2D eigenvalue weighted by molar-refractivity contribution is -0.113. The summed E-state index contributed by atoms with van der Waals surface area (Å²) >= 11 is 3.60. The van der Waals surface area contributed by atoms with Crippen LogP contribution in [0.4, 0.5) is 5.69 Å². The first-order valence-corrected chi connectivity index (χ1v) is 11.7. The molecular formula is C22H25N3OS2. The second-order valence-electron chi connectivity index (χ2n) is 6.89. The van der Waals surface area contributed by atoms with Crippen LogP contribution in [0.25, 0.3) is 0 Å². The molecule has 2 aromatic rings. The number of anilines is 1. The number of carbonyl (C=O) groups excluding carboxylic acids is 1. The van der Waals surface area contributed by atoms with E-state index in [0.717, 1.165) is 42.2 Å². The number of nitrogens with one attached hydrogen (secondary N) is 1. The lowest BCUT2D eigenvalue weighted by Crippen LogP contribution is -2.31. The summed E-state index contributed by atoms with van der Waals surface area (Å²) < 4.78 is 0. The molecule has 0 spiro atoms. The highest BCUT2D eigenvalue weighted by Gasteiger charge is 2.12. The summed E-state index contributed by atoms with van der Waals surface area (Å²) in [6.45, 7) is 5.34. The molecule has 1 fully saturated rings. The quantitative estimate of drug-likeness (QED) is 0.737. The topological polar surface area (TPSA) is 56.1 Å². The largest absolute Gasteiger partial charge is 0.325 e. The standard InChI is InChI=1S/C22H25N3OS2/c1-17-12-20(14-25-8-10-27-11-9-25)6-7-21(17)24-22(26)16-28-15-19-4-2-18(13-23)3-5-19/h2-7,12H,8-11,14-16H2,1H3,(H,24,26). The first-order valence-electron chi connectivity index (χ1n) is 9.40. The molecular weight excluding hydrogens is 386 g/mol. The molecule has 0 atom stereocenters. The van der Waals surface area contributed by atoms with Crippen molar-refractivity contribution in [3.8, 4) is 6.07 Å². The lowest BCUT2D eigenvalue weighted by atomic mass is 10.1. The summed E-state index contributed by atoms with van der Waals surface area (Å²) in [5, 5.41) is 11.9. The van der Waals surface area contributed by atoms with Gasteiger partial charge in [-0.25, -0.2) is 0 Å². The van der Waals surface area contributed by atoms with Gasteiger partial charge in [0.05, 0.1) is 17.4 Å². The van der Waals surface area contributed by atoms with E-state index in [2.05, 4.69) is 35.3 Å². The van der Waals surface area contributed by atoms with E-state index in [1.807, 2.05) is 42.1 Å². The zero-order valence-corrected chi connectivity index (χ0v) is 17.7. The average molecular weight is 412 g/mol. The number of rotatable bonds is 7. The molecule has 1 aliphatic heterocycles. The predicted octanol–water partition coefficient (Wildman–Crippen LogP) is 4.29. The summed E-state index contributed by atoms with van der Waals surface area (Å²) in [5.74, 6) is 3.61. The van der Waals surface area contributed by atoms with E-state index < -0.39 is 0 Å². The maximum atomic E-state index is 12.3. The van der Waals surface area contributed by atoms with Gasteiger partial charge in [-0.2, -0.15) is 17.0 Å². The molecule has 0 aliphatic carbocycles. The molecule has 3 rings (SSSR count). The first-order chi connectivity index (χ1) is 13.6. The Bertz CT molecular complexity index is 840. The van der Waals surface area contributed by atoms with E-state index in [9.17, 15) is 4.79 Å². The molecule has 0 unspecified atom stereocenters. The molecule has 1 N–H and O–H groups in total. The molecule has 146 valence electrons. The van der Waals surface area contributed by atoms with E-state index in [-0.39, 0.29) is 5.91 Å². The molecule has 4 nitrogen and oxygen atoms in total. The number of hydrogen-bond donors (Lipinski definition) is 1. The van der Waals surface area contributed by atoms with Crippen LogP contribution >= 0.6 is 23.5 Å². The molecule has 28 heavy (non-hydrogen) atoms. The molecule has 0 saturated carbocycles. The Balaban J connectivity index is 1.45. The van der Waals surface area contributed by atoms with Crippen LogP contribution in [0, 0.1) is 18.3 Å². The molecule has 6 heteroatoms. The summed E-state index contributed by atoms with van der Waals surface area (Å²) in [5.41, 5.74) is 5.08. The zero-order valence-electron chi connectivity index (χ0n) is 16.1. The van der Waals surface area contributed by atoms with Crippen molar-refractivity contribution in [2.75, 3.05) is 35.7 Å². The third-order valence-corrected chi connectivity index (χ3v) is 6.61. The van der Waals surface area contributed by atoms with Crippen LogP contribution < -0.4 is 5.32 Å². The Labute approximate surface area is 175 Å². The molecule has 0 aromatic heterocycles. The van der Waals surface area contributed by atoms with Crippen molar-refractivity contribution in [1.82, 2.24) is 4.90 Å². The normalized spacial score (nSPS) is 14.4. The molecule has 1 amide bonds. The van der Waals surface area contributed by atoms with Crippen LogP contribution in [-0.2, 0) is 17.1 Å². The van der Waals surface area contributed by atoms with Gasteiger partial charge in [0.15, 0.2) is 0 Å². The molecule has 0 bridgehead atoms. The number of nitrogens with zero attached hydrogens (tertiary/aromatic N) is 2. The molecule has 1 aliphatic rings. The summed E-state index contributed by atoms with van der Waals surface area (Å²) in [6, 6.07) is 15.9. The number of carbonyl (C=O) groups is 1. The SMILES string of the molecule is Cc1cc(CN2CCSCC2)ccc1NC(=O)CSCc1ccc(C#N)cc1. The van der Waals surface area contributed by atoms with Crippen molar-refractivity contribution < 1.29 is 4.79 Å². The number of benzene rings is 2. The fraction of sp³-hybridized carbons (Fsp3) is 0.364. The van der Waals surface area contributed by atoms with Gasteiger partial charge in [-0.15, -0.1) is 11.8 Å². The van der Waals surface area contributed by atoms with E-state index >= 15 is 0 Å². The summed E-state index contributed by atoms with van der Waals surface area (Å²) in [7, 11) is 0. The zero-order chi connectivity index (χ0) is 19.8. The van der Waals surface area contributed by atoms with Gasteiger partial charge in [-0.1, -0.05) is 24.3 Å². The number of aryl methyl sites for hydroxylation is 1. The third-order valence-electron chi connectivity index (χ3n) is 4.66. The third kappa shape index (κ3) is 6.30. The number of hydrogen-bond acceptors (Lipinski definition) is 5. The highest BCUT2D eigenvalue weighted by molar-refractivity contribution is 7.99. The highest BCUT2D eigenvalue weighted by atomic mass is 32.2. The average Bonchev–Trinajstić information content (AvgIpc) is 2.71. The van der Waals surface area contributed by atoms with Crippen LogP contribution in [0.2, 0.25) is 0 Å². The van der Waals surface area contributed by atoms with Crippen LogP contribution in [0.3, 0.4) is 0 Å². The Morgan fingerprint density at radius 2 is 1.89 bits per heavy atom. The Hall–Kier alpha value is -1.94. The van der Waals surface area contributed by atoms with E-state index in [1.54, 1.807) is 11.8 Å². The number of thioether (sulfide) groups is 2. The summed E-state index contributed by atoms with van der Waals surface area (Å²) in [6.07, 6.45) is 0. The van der Waals surface area contributed by atoms with Crippen molar-refractivity contribution in [3.05, 3.63) is 64.7 Å². The number of nitriles is 1. The van der Waals surface area contributed by atoms with Gasteiger partial charge in [0.25, 0.3) is 0 Å². The van der Waals surface area contributed by atoms with Gasteiger partial charge in [0, 0.05) is 42.6 Å². The van der Waals surface area contributed by atoms with Crippen LogP contribution in [0.15, 0.2) is 42.5 Å². The van der Waals surface area contributed by atoms with Crippen molar-refractivity contribution >= 4 is 35.1 Å². The van der Waals surface area contributed by atoms with Gasteiger partial charge in [0.2, 0.25) is 5.91 Å². The monoisotopic (exact) mass is 411 g/mol. The van der Waals surface area contributed by atoms with Crippen LogP contribution in [-0.4, -0.2) is 41.2 Å². The molecule has 1 saturated heterocycles. The first kappa shape index (κ1) is 20.8. The van der Waals surface area contributed by atoms with E-state index in [4.69, 9.17) is 5.26 Å².